The smallest absolute Gasteiger partial charge is 0.245 e. The maximum atomic E-state index is 14.1. The molecule has 22 heteroatoms. The summed E-state index contributed by atoms with van der Waals surface area (Å²) in [6.45, 7) is 12.3. The van der Waals surface area contributed by atoms with Gasteiger partial charge >= 0.3 is 0 Å². The number of carbonyl (C=O) groups excluding carboxylic acids is 8. The van der Waals surface area contributed by atoms with Gasteiger partial charge < -0.3 is 59.9 Å². The molecule has 0 heterocycles. The van der Waals surface area contributed by atoms with Crippen molar-refractivity contribution in [2.75, 3.05) is 25.6 Å². The number of nitrogens with two attached hydrogens (primary N) is 4. The SMILES string of the molecule is CCCCCCCCCC(=O)N[C@H](C(=O)N[C@@H](CO)C(=O)N[C@@H](CCCN=C(N)N)C(=O)N[C@@H](CCCN=C(N)N)C(=O)N[C@@H](CC(C)C)C(=O)N[C@@H](CC(C)C)C(=O)C(=O)CCl)[C@@H](C)CC. The Labute approximate surface area is 402 Å². The molecule has 0 bridgehead atoms. The largest absolute Gasteiger partial charge is 0.394 e. The lowest BCUT2D eigenvalue weighted by molar-refractivity contribution is -0.138. The van der Waals surface area contributed by atoms with Crippen LogP contribution < -0.4 is 54.8 Å². The minimum atomic E-state index is -1.55. The summed E-state index contributed by atoms with van der Waals surface area (Å²) in [5.41, 5.74) is 22.0. The number of nitrogens with zero attached hydrogens (tertiary/aromatic N) is 2. The molecule has 0 saturated heterocycles. The summed E-state index contributed by atoms with van der Waals surface area (Å²) in [5, 5.41) is 26.1. The number of carbonyl (C=O) groups is 8. The molecular weight excluding hydrogens is 888 g/mol. The summed E-state index contributed by atoms with van der Waals surface area (Å²) >= 11 is 5.65. The molecule has 0 rings (SSSR count). The molecule has 0 aliphatic heterocycles. The highest BCUT2D eigenvalue weighted by molar-refractivity contribution is 6.48. The summed E-state index contributed by atoms with van der Waals surface area (Å²) in [6, 6.07) is -7.68. The van der Waals surface area contributed by atoms with Crippen molar-refractivity contribution in [3.8, 4) is 0 Å². The number of amides is 6. The molecular formula is C45H83ClN12O9. The van der Waals surface area contributed by atoms with Crippen LogP contribution in [0.5, 0.6) is 0 Å². The summed E-state index contributed by atoms with van der Waals surface area (Å²) in [5.74, 6) is -7.62. The number of hydrogen-bond acceptors (Lipinski definition) is 11. The van der Waals surface area contributed by atoms with E-state index >= 15 is 0 Å². The Balaban J connectivity index is 6.51. The lowest BCUT2D eigenvalue weighted by Gasteiger charge is -2.28. The van der Waals surface area contributed by atoms with Gasteiger partial charge in [0.1, 0.15) is 30.2 Å². The molecule has 0 aliphatic rings. The van der Waals surface area contributed by atoms with Gasteiger partial charge in [-0.15, -0.1) is 11.6 Å². The highest BCUT2D eigenvalue weighted by Crippen LogP contribution is 2.14. The van der Waals surface area contributed by atoms with Gasteiger partial charge in [-0.1, -0.05) is 93.4 Å². The van der Waals surface area contributed by atoms with Crippen molar-refractivity contribution >= 4 is 70.5 Å². The minimum absolute atomic E-state index is 0.0469. The molecule has 384 valence electrons. The van der Waals surface area contributed by atoms with Crippen LogP contribution in [0.25, 0.3) is 0 Å². The van der Waals surface area contributed by atoms with E-state index in [0.29, 0.717) is 12.8 Å². The molecule has 0 aromatic rings. The fourth-order valence-electron chi connectivity index (χ4n) is 6.95. The Hall–Kier alpha value is -5.05. The van der Waals surface area contributed by atoms with E-state index in [9.17, 15) is 43.5 Å². The van der Waals surface area contributed by atoms with E-state index in [1.54, 1.807) is 20.8 Å². The standard InChI is InChI=1S/C45H83ClN12O9/c1-8-10-11-12-13-14-15-20-36(61)58-37(29(7)9-2)43(67)57-34(26-59)42(66)54-30(18-16-21-51-44(47)48)39(63)53-31(19-17-22-52-45(49)50)40(64)56-33(24-28(5)6)41(65)55-32(23-27(3)4)38(62)35(60)25-46/h27-34,37,59H,8-26H2,1-7H3,(H,53,63)(H,54,66)(H,55,65)(H,56,64)(H,57,67)(H,58,61)(H4,47,48,51)(H4,49,50,52)/t29-,30-,31-,32-,33-,34-,37-/m0/s1. The van der Waals surface area contributed by atoms with E-state index < -0.39 is 89.8 Å². The van der Waals surface area contributed by atoms with Gasteiger partial charge in [-0.25, -0.2) is 0 Å². The lowest BCUT2D eigenvalue weighted by Crippen LogP contribution is -2.60. The number of ketones is 2. The number of aliphatic hydroxyl groups is 1. The molecule has 0 spiro atoms. The van der Waals surface area contributed by atoms with Crippen molar-refractivity contribution in [3.63, 3.8) is 0 Å². The van der Waals surface area contributed by atoms with Crippen LogP contribution >= 0.6 is 11.6 Å². The molecule has 6 amide bonds. The zero-order chi connectivity index (χ0) is 51.1. The van der Waals surface area contributed by atoms with E-state index in [1.807, 2.05) is 20.8 Å². The average molecular weight is 972 g/mol. The number of nitrogens with one attached hydrogen (secondary N) is 6. The first-order valence-corrected chi connectivity index (χ1v) is 24.3. The summed E-state index contributed by atoms with van der Waals surface area (Å²) in [6.07, 6.45) is 8.30. The number of unbranched alkanes of at least 4 members (excludes halogenated alkanes) is 6. The van der Waals surface area contributed by atoms with Crippen LogP contribution in [-0.4, -0.2) is 126 Å². The number of halogens is 1. The van der Waals surface area contributed by atoms with E-state index in [4.69, 9.17) is 34.5 Å². The molecule has 21 nitrogen and oxygen atoms in total. The molecule has 0 fully saturated rings. The third-order valence-electron chi connectivity index (χ3n) is 10.9. The molecule has 0 radical (unpaired) electrons. The normalized spacial score (nSPS) is 14.3. The third-order valence-corrected chi connectivity index (χ3v) is 11.1. The number of guanidine groups is 2. The number of alkyl halides is 1. The Morgan fingerprint density at radius 2 is 0.955 bits per heavy atom. The van der Waals surface area contributed by atoms with E-state index in [2.05, 4.69) is 48.8 Å². The van der Waals surface area contributed by atoms with Crippen molar-refractivity contribution < 1.29 is 43.5 Å². The van der Waals surface area contributed by atoms with Crippen LogP contribution in [0.2, 0.25) is 0 Å². The first-order valence-electron chi connectivity index (χ1n) is 23.8. The van der Waals surface area contributed by atoms with Crippen LogP contribution in [0.4, 0.5) is 0 Å². The molecule has 0 aromatic heterocycles. The second kappa shape index (κ2) is 35.1. The Kier molecular flexibility index (Phi) is 32.5. The number of aliphatic hydroxyl groups excluding tert-OH is 1. The zero-order valence-electron chi connectivity index (χ0n) is 40.9. The van der Waals surface area contributed by atoms with Crippen molar-refractivity contribution in [2.24, 2.45) is 50.7 Å². The lowest BCUT2D eigenvalue weighted by atomic mass is 9.96. The van der Waals surface area contributed by atoms with Crippen molar-refractivity contribution in [1.29, 1.82) is 0 Å². The Morgan fingerprint density at radius 3 is 1.40 bits per heavy atom. The van der Waals surface area contributed by atoms with Crippen molar-refractivity contribution in [2.45, 2.75) is 181 Å². The highest BCUT2D eigenvalue weighted by atomic mass is 35.5. The molecule has 0 aliphatic carbocycles. The third kappa shape index (κ3) is 27.4. The topological polar surface area (TPSA) is 358 Å². The monoisotopic (exact) mass is 971 g/mol. The summed E-state index contributed by atoms with van der Waals surface area (Å²) in [7, 11) is 0. The van der Waals surface area contributed by atoms with Crippen LogP contribution in [-0.2, 0) is 38.4 Å². The first kappa shape index (κ1) is 61.9. The van der Waals surface area contributed by atoms with Gasteiger partial charge in [0.25, 0.3) is 0 Å². The molecule has 0 aromatic carbocycles. The molecule has 15 N–H and O–H groups in total. The van der Waals surface area contributed by atoms with Gasteiger partial charge in [0.05, 0.1) is 18.5 Å². The van der Waals surface area contributed by atoms with Crippen molar-refractivity contribution in [1.82, 2.24) is 31.9 Å². The minimum Gasteiger partial charge on any atom is -0.394 e. The second-order valence-corrected chi connectivity index (χ2v) is 18.1. The van der Waals surface area contributed by atoms with E-state index in [1.165, 1.54) is 6.42 Å². The van der Waals surface area contributed by atoms with Crippen LogP contribution in [0, 0.1) is 17.8 Å². The molecule has 67 heavy (non-hydrogen) atoms. The van der Waals surface area contributed by atoms with E-state index in [-0.39, 0.29) is 93.6 Å². The van der Waals surface area contributed by atoms with Crippen LogP contribution in [0.15, 0.2) is 9.98 Å². The summed E-state index contributed by atoms with van der Waals surface area (Å²) in [4.78, 5) is 115. The Morgan fingerprint density at radius 1 is 0.537 bits per heavy atom. The zero-order valence-corrected chi connectivity index (χ0v) is 41.7. The van der Waals surface area contributed by atoms with Crippen LogP contribution in [0.3, 0.4) is 0 Å². The number of Topliss-reactive ketones (excluding diaryl/α,β-unsaturated/α-hetero) is 2. The van der Waals surface area contributed by atoms with Crippen molar-refractivity contribution in [3.05, 3.63) is 0 Å². The second-order valence-electron chi connectivity index (χ2n) is 17.9. The first-order chi connectivity index (χ1) is 31.6. The highest BCUT2D eigenvalue weighted by Gasteiger charge is 2.35. The number of aliphatic imine (C=N–C) groups is 2. The predicted molar refractivity (Wildman–Crippen MR) is 260 cm³/mol. The number of rotatable bonds is 37. The van der Waals surface area contributed by atoms with Gasteiger partial charge in [-0.3, -0.25) is 48.3 Å². The molecule has 7 atom stereocenters. The average Bonchev–Trinajstić information content (AvgIpc) is 3.26. The quantitative estimate of drug-likeness (QED) is 0.0134. The predicted octanol–water partition coefficient (Wildman–Crippen LogP) is 0.651. The van der Waals surface area contributed by atoms with Gasteiger partial charge in [-0.05, 0) is 62.7 Å². The van der Waals surface area contributed by atoms with Gasteiger partial charge in [0.2, 0.25) is 47.0 Å². The molecule has 0 saturated carbocycles. The van der Waals surface area contributed by atoms with Gasteiger partial charge in [0.15, 0.2) is 11.9 Å². The van der Waals surface area contributed by atoms with Gasteiger partial charge in [-0.2, -0.15) is 0 Å². The maximum absolute atomic E-state index is 14.1. The fraction of sp³-hybridized carbons (Fsp3) is 0.778. The maximum Gasteiger partial charge on any atom is 0.245 e. The Bertz CT molecular complexity index is 1620. The summed E-state index contributed by atoms with van der Waals surface area (Å²) < 4.78 is 0. The van der Waals surface area contributed by atoms with E-state index in [0.717, 1.165) is 32.1 Å². The number of hydrogen-bond donors (Lipinski definition) is 11. The van der Waals surface area contributed by atoms with Gasteiger partial charge in [0, 0.05) is 19.5 Å². The molecule has 0 unspecified atom stereocenters. The fourth-order valence-corrected chi connectivity index (χ4v) is 7.08. The van der Waals surface area contributed by atoms with Crippen LogP contribution in [0.1, 0.15) is 145 Å².